The maximum absolute atomic E-state index is 12.0. The van der Waals surface area contributed by atoms with Crippen LogP contribution in [0.2, 0.25) is 0 Å². The summed E-state index contributed by atoms with van der Waals surface area (Å²) in [4.78, 5) is 16.4. The van der Waals surface area contributed by atoms with Gasteiger partial charge in [-0.1, -0.05) is 5.16 Å². The lowest BCUT2D eigenvalue weighted by atomic mass is 10.2. The summed E-state index contributed by atoms with van der Waals surface area (Å²) >= 11 is 2.22. The minimum atomic E-state index is -0.0907. The maximum atomic E-state index is 12.0. The molecule has 7 heteroatoms. The van der Waals surface area contributed by atoms with Crippen LogP contribution in [0.5, 0.6) is 5.75 Å². The zero-order valence-corrected chi connectivity index (χ0v) is 16.4. The summed E-state index contributed by atoms with van der Waals surface area (Å²) in [6.45, 7) is 2.56. The van der Waals surface area contributed by atoms with E-state index in [1.165, 1.54) is 0 Å². The predicted octanol–water partition coefficient (Wildman–Crippen LogP) is 4.31. The zero-order chi connectivity index (χ0) is 18.4. The van der Waals surface area contributed by atoms with Gasteiger partial charge in [0.25, 0.3) is 0 Å². The highest BCUT2D eigenvalue weighted by Gasteiger charge is 2.11. The number of halogens is 1. The molecule has 0 bridgehead atoms. The summed E-state index contributed by atoms with van der Waals surface area (Å²) in [6, 6.07) is 15.1. The third-order valence-corrected chi connectivity index (χ3v) is 4.30. The average Bonchev–Trinajstić information content (AvgIpc) is 3.12. The van der Waals surface area contributed by atoms with E-state index in [1.807, 2.05) is 55.5 Å². The quantitative estimate of drug-likeness (QED) is 0.529. The molecule has 0 aliphatic carbocycles. The number of benzene rings is 2. The van der Waals surface area contributed by atoms with E-state index in [0.717, 1.165) is 20.6 Å². The van der Waals surface area contributed by atoms with Crippen molar-refractivity contribution in [3.05, 3.63) is 58.0 Å². The topological polar surface area (TPSA) is 77.2 Å². The average molecular weight is 463 g/mol. The number of nitrogens with one attached hydrogen (secondary N) is 1. The van der Waals surface area contributed by atoms with Gasteiger partial charge >= 0.3 is 0 Å². The Morgan fingerprint density at radius 1 is 1.15 bits per heavy atom. The zero-order valence-electron chi connectivity index (χ0n) is 14.2. The van der Waals surface area contributed by atoms with E-state index < -0.39 is 0 Å². The number of aryl methyl sites for hydroxylation is 1. The van der Waals surface area contributed by atoms with Crippen molar-refractivity contribution in [2.75, 3.05) is 11.9 Å². The smallest absolute Gasteiger partial charge is 0.227 e. The molecule has 6 nitrogen and oxygen atoms in total. The summed E-state index contributed by atoms with van der Waals surface area (Å²) < 4.78 is 11.8. The molecule has 0 radical (unpaired) electrons. The number of nitrogens with zero attached hydrogens (tertiary/aromatic N) is 2. The van der Waals surface area contributed by atoms with Crippen molar-refractivity contribution in [2.45, 2.75) is 19.8 Å². The normalized spacial score (nSPS) is 10.5. The van der Waals surface area contributed by atoms with Crippen molar-refractivity contribution in [1.82, 2.24) is 10.1 Å². The van der Waals surface area contributed by atoms with Crippen LogP contribution in [0.4, 0.5) is 5.69 Å². The molecule has 134 valence electrons. The molecule has 0 aliphatic rings. The fraction of sp³-hybridized carbons (Fsp3) is 0.211. The van der Waals surface area contributed by atoms with Crippen molar-refractivity contribution in [1.29, 1.82) is 0 Å². The Bertz CT molecular complexity index is 860. The second kappa shape index (κ2) is 8.79. The maximum Gasteiger partial charge on any atom is 0.227 e. The van der Waals surface area contributed by atoms with Crippen LogP contribution in [0.15, 0.2) is 53.1 Å². The third-order valence-electron chi connectivity index (χ3n) is 3.59. The molecule has 1 heterocycles. The molecular weight excluding hydrogens is 445 g/mol. The molecule has 1 N–H and O–H groups in total. The van der Waals surface area contributed by atoms with Gasteiger partial charge in [0.15, 0.2) is 0 Å². The van der Waals surface area contributed by atoms with Gasteiger partial charge in [0.1, 0.15) is 5.75 Å². The summed E-state index contributed by atoms with van der Waals surface area (Å²) in [5, 5.41) is 6.82. The van der Waals surface area contributed by atoms with Crippen molar-refractivity contribution >= 4 is 34.2 Å². The summed E-state index contributed by atoms with van der Waals surface area (Å²) in [5.74, 6) is 1.65. The van der Waals surface area contributed by atoms with Crippen molar-refractivity contribution in [3.8, 4) is 17.1 Å². The van der Waals surface area contributed by atoms with Gasteiger partial charge in [-0.05, 0) is 78.0 Å². The SMILES string of the molecule is CCOc1ccc(-c2noc(CCC(=O)Nc3ccc(I)cc3)n2)cc1. The van der Waals surface area contributed by atoms with Gasteiger partial charge in [0, 0.05) is 27.7 Å². The minimum absolute atomic E-state index is 0.0907. The largest absolute Gasteiger partial charge is 0.494 e. The molecule has 3 aromatic rings. The van der Waals surface area contributed by atoms with Crippen molar-refractivity contribution in [2.24, 2.45) is 0 Å². The molecular formula is C19H18IN3O3. The summed E-state index contributed by atoms with van der Waals surface area (Å²) in [7, 11) is 0. The van der Waals surface area contributed by atoms with Crippen LogP contribution in [0.1, 0.15) is 19.2 Å². The second-order valence-electron chi connectivity index (χ2n) is 5.52. The van der Waals surface area contributed by atoms with E-state index in [1.54, 1.807) is 0 Å². The first kappa shape index (κ1) is 18.4. The summed E-state index contributed by atoms with van der Waals surface area (Å²) in [5.41, 5.74) is 1.61. The molecule has 0 spiro atoms. The van der Waals surface area contributed by atoms with Crippen molar-refractivity contribution in [3.63, 3.8) is 0 Å². The van der Waals surface area contributed by atoms with Crippen LogP contribution in [-0.2, 0) is 11.2 Å². The molecule has 3 rings (SSSR count). The highest BCUT2D eigenvalue weighted by atomic mass is 127. The fourth-order valence-electron chi connectivity index (χ4n) is 2.32. The monoisotopic (exact) mass is 463 g/mol. The fourth-order valence-corrected chi connectivity index (χ4v) is 2.68. The van der Waals surface area contributed by atoms with E-state index in [9.17, 15) is 4.79 Å². The number of anilines is 1. The lowest BCUT2D eigenvalue weighted by molar-refractivity contribution is -0.116. The first-order chi connectivity index (χ1) is 12.6. The number of rotatable bonds is 7. The Labute approximate surface area is 165 Å². The van der Waals surface area contributed by atoms with Gasteiger partial charge in [-0.3, -0.25) is 4.79 Å². The lowest BCUT2D eigenvalue weighted by Gasteiger charge is -2.03. The Hall–Kier alpha value is -2.42. The number of hydrogen-bond donors (Lipinski definition) is 1. The third kappa shape index (κ3) is 5.04. The van der Waals surface area contributed by atoms with Gasteiger partial charge < -0.3 is 14.6 Å². The molecule has 0 aliphatic heterocycles. The Morgan fingerprint density at radius 2 is 1.88 bits per heavy atom. The molecule has 0 atom stereocenters. The Balaban J connectivity index is 1.54. The Kier molecular flexibility index (Phi) is 6.21. The number of carbonyl (C=O) groups excluding carboxylic acids is 1. The van der Waals surface area contributed by atoms with Gasteiger partial charge in [0.2, 0.25) is 17.6 Å². The number of hydrogen-bond acceptors (Lipinski definition) is 5. The molecule has 0 fully saturated rings. The van der Waals surface area contributed by atoms with Crippen LogP contribution in [0.25, 0.3) is 11.4 Å². The lowest BCUT2D eigenvalue weighted by Crippen LogP contribution is -2.12. The molecule has 26 heavy (non-hydrogen) atoms. The molecule has 0 unspecified atom stereocenters. The first-order valence-electron chi connectivity index (χ1n) is 8.25. The number of aromatic nitrogens is 2. The van der Waals surface area contributed by atoms with Gasteiger partial charge in [-0.25, -0.2) is 0 Å². The van der Waals surface area contributed by atoms with E-state index in [4.69, 9.17) is 9.26 Å². The van der Waals surface area contributed by atoms with Gasteiger partial charge in [0.05, 0.1) is 6.61 Å². The predicted molar refractivity (Wildman–Crippen MR) is 107 cm³/mol. The highest BCUT2D eigenvalue weighted by Crippen LogP contribution is 2.20. The second-order valence-corrected chi connectivity index (χ2v) is 6.77. The number of ether oxygens (including phenoxy) is 1. The minimum Gasteiger partial charge on any atom is -0.494 e. The van der Waals surface area contributed by atoms with E-state index >= 15 is 0 Å². The van der Waals surface area contributed by atoms with Crippen LogP contribution in [0.3, 0.4) is 0 Å². The van der Waals surface area contributed by atoms with Gasteiger partial charge in [-0.2, -0.15) is 4.98 Å². The number of amides is 1. The first-order valence-corrected chi connectivity index (χ1v) is 9.33. The van der Waals surface area contributed by atoms with E-state index in [2.05, 4.69) is 38.0 Å². The molecule has 0 saturated carbocycles. The van der Waals surface area contributed by atoms with E-state index in [-0.39, 0.29) is 12.3 Å². The molecule has 1 aromatic heterocycles. The highest BCUT2D eigenvalue weighted by molar-refractivity contribution is 14.1. The van der Waals surface area contributed by atoms with Gasteiger partial charge in [-0.15, -0.1) is 0 Å². The standard InChI is InChI=1S/C19H18IN3O3/c1-2-25-16-9-3-13(4-10-16)19-22-18(26-23-19)12-11-17(24)21-15-7-5-14(20)6-8-15/h3-10H,2,11-12H2,1H3,(H,21,24). The van der Waals surface area contributed by atoms with Crippen molar-refractivity contribution < 1.29 is 14.1 Å². The molecule has 1 amide bonds. The summed E-state index contributed by atoms with van der Waals surface area (Å²) in [6.07, 6.45) is 0.664. The van der Waals surface area contributed by atoms with Crippen LogP contribution in [-0.4, -0.2) is 22.7 Å². The molecule has 2 aromatic carbocycles. The number of carbonyl (C=O) groups is 1. The molecule has 0 saturated heterocycles. The van der Waals surface area contributed by atoms with Crippen LogP contribution >= 0.6 is 22.6 Å². The Morgan fingerprint density at radius 3 is 2.58 bits per heavy atom. The van der Waals surface area contributed by atoms with E-state index in [0.29, 0.717) is 24.7 Å². The van der Waals surface area contributed by atoms with Crippen LogP contribution in [0, 0.1) is 3.57 Å². The van der Waals surface area contributed by atoms with Crippen LogP contribution < -0.4 is 10.1 Å².